The lowest BCUT2D eigenvalue weighted by molar-refractivity contribution is -0.106. The average Bonchev–Trinajstić information content (AvgIpc) is 3.19. The van der Waals surface area contributed by atoms with E-state index in [1.54, 1.807) is 0 Å². The topological polar surface area (TPSA) is 72.7 Å². The van der Waals surface area contributed by atoms with Gasteiger partial charge in [0.05, 0.1) is 17.4 Å². The molecule has 0 aromatic heterocycles. The highest BCUT2D eigenvalue weighted by Gasteiger charge is 2.59. The van der Waals surface area contributed by atoms with Crippen molar-refractivity contribution in [1.82, 2.24) is 10.6 Å². The molecule has 2 heterocycles. The number of benzene rings is 1. The maximum atomic E-state index is 9.46. The molecule has 1 aromatic carbocycles. The van der Waals surface area contributed by atoms with Gasteiger partial charge >= 0.3 is 0 Å². The summed E-state index contributed by atoms with van der Waals surface area (Å²) in [6.45, 7) is 10.2. The number of ether oxygens (including phenoxy) is 1. The number of nitrogens with one attached hydrogen (secondary N) is 2. The van der Waals surface area contributed by atoms with Crippen molar-refractivity contribution < 1.29 is 4.74 Å². The molecule has 6 heteroatoms. The Kier molecular flexibility index (Phi) is 5.69. The normalized spacial score (nSPS) is 30.8. The summed E-state index contributed by atoms with van der Waals surface area (Å²) < 4.78 is 5.94. The minimum Gasteiger partial charge on any atom is -0.377 e. The number of rotatable bonds is 4. The Morgan fingerprint density at radius 1 is 1.31 bits per heavy atom. The summed E-state index contributed by atoms with van der Waals surface area (Å²) in [4.78, 5) is 7.06. The van der Waals surface area contributed by atoms with Crippen LogP contribution in [-0.2, 0) is 4.74 Å². The molecule has 4 unspecified atom stereocenters. The van der Waals surface area contributed by atoms with Crippen molar-refractivity contribution in [2.24, 2.45) is 16.3 Å². The lowest BCUT2D eigenvalue weighted by Crippen LogP contribution is -2.68. The molecule has 2 aliphatic heterocycles. The van der Waals surface area contributed by atoms with Gasteiger partial charge in [-0.3, -0.25) is 4.99 Å². The predicted molar refractivity (Wildman–Crippen MR) is 116 cm³/mol. The second-order valence-corrected chi connectivity index (χ2v) is 9.07. The molecule has 4 atom stereocenters. The lowest BCUT2D eigenvalue weighted by Gasteiger charge is -2.55. The van der Waals surface area contributed by atoms with Crippen LogP contribution in [0.5, 0.6) is 0 Å². The van der Waals surface area contributed by atoms with Crippen LogP contribution in [0, 0.1) is 22.7 Å². The highest BCUT2D eigenvalue weighted by molar-refractivity contribution is 5.81. The number of nitrogens with zero attached hydrogens (tertiary/aromatic N) is 3. The van der Waals surface area contributed by atoms with Crippen molar-refractivity contribution in [1.29, 1.82) is 5.26 Å². The standard InChI is InChI=1S/C23H33N5O/c1-4-25-22(27-20-18-11-13-29-21(18)23(20,2)3)26-17-9-7-12-28(15-17)19-10-6-5-8-16(19)14-24/h5-6,8,10,17-18,20-21H,4,7,9,11-13,15H2,1-3H3,(H2,25,26,27). The summed E-state index contributed by atoms with van der Waals surface area (Å²) in [5.74, 6) is 1.50. The number of aliphatic imine (C=N–C) groups is 1. The molecule has 29 heavy (non-hydrogen) atoms. The molecule has 1 aliphatic carbocycles. The number of guanidine groups is 1. The zero-order chi connectivity index (χ0) is 20.4. The summed E-state index contributed by atoms with van der Waals surface area (Å²) >= 11 is 0. The number of para-hydroxylation sites is 1. The minimum atomic E-state index is 0.127. The fourth-order valence-corrected chi connectivity index (χ4v) is 5.41. The number of hydrogen-bond donors (Lipinski definition) is 2. The largest absolute Gasteiger partial charge is 0.377 e. The molecule has 0 bridgehead atoms. The van der Waals surface area contributed by atoms with Crippen molar-refractivity contribution in [2.75, 3.05) is 31.1 Å². The first kappa shape index (κ1) is 20.0. The lowest BCUT2D eigenvalue weighted by atomic mass is 9.57. The zero-order valence-electron chi connectivity index (χ0n) is 17.8. The van der Waals surface area contributed by atoms with Gasteiger partial charge in [-0.1, -0.05) is 26.0 Å². The van der Waals surface area contributed by atoms with Gasteiger partial charge in [-0.15, -0.1) is 0 Å². The third-order valence-electron chi connectivity index (χ3n) is 6.84. The molecular formula is C23H33N5O. The van der Waals surface area contributed by atoms with Crippen LogP contribution in [0.4, 0.5) is 5.69 Å². The predicted octanol–water partition coefficient (Wildman–Crippen LogP) is 2.90. The van der Waals surface area contributed by atoms with Crippen molar-refractivity contribution in [3.8, 4) is 6.07 Å². The molecule has 2 N–H and O–H groups in total. The van der Waals surface area contributed by atoms with Gasteiger partial charge in [0.25, 0.3) is 0 Å². The van der Waals surface area contributed by atoms with E-state index in [1.807, 2.05) is 18.2 Å². The van der Waals surface area contributed by atoms with E-state index in [-0.39, 0.29) is 5.41 Å². The van der Waals surface area contributed by atoms with Crippen molar-refractivity contribution in [3.05, 3.63) is 29.8 Å². The molecule has 0 spiro atoms. The molecule has 3 fully saturated rings. The number of hydrogen-bond acceptors (Lipinski definition) is 4. The maximum Gasteiger partial charge on any atom is 0.191 e. The van der Waals surface area contributed by atoms with Crippen LogP contribution in [0.3, 0.4) is 0 Å². The summed E-state index contributed by atoms with van der Waals surface area (Å²) in [5.41, 5.74) is 1.91. The van der Waals surface area contributed by atoms with E-state index in [1.165, 1.54) is 0 Å². The van der Waals surface area contributed by atoms with Gasteiger partial charge in [-0.05, 0) is 38.3 Å². The van der Waals surface area contributed by atoms with Gasteiger partial charge < -0.3 is 20.3 Å². The molecule has 0 radical (unpaired) electrons. The van der Waals surface area contributed by atoms with E-state index >= 15 is 0 Å². The van der Waals surface area contributed by atoms with Gasteiger partial charge in [-0.25, -0.2) is 0 Å². The van der Waals surface area contributed by atoms with Gasteiger partial charge in [0.2, 0.25) is 0 Å². The van der Waals surface area contributed by atoms with Crippen LogP contribution < -0.4 is 15.5 Å². The third-order valence-corrected chi connectivity index (χ3v) is 6.84. The first-order valence-electron chi connectivity index (χ1n) is 11.0. The molecule has 156 valence electrons. The molecule has 2 saturated heterocycles. The Hall–Kier alpha value is -2.26. The zero-order valence-corrected chi connectivity index (χ0v) is 17.8. The Morgan fingerprint density at radius 2 is 2.14 bits per heavy atom. The second-order valence-electron chi connectivity index (χ2n) is 9.07. The van der Waals surface area contributed by atoms with Crippen LogP contribution in [0.1, 0.15) is 45.6 Å². The highest BCUT2D eigenvalue weighted by atomic mass is 16.5. The third kappa shape index (κ3) is 3.81. The Labute approximate surface area is 174 Å². The van der Waals surface area contributed by atoms with Crippen molar-refractivity contribution >= 4 is 11.6 Å². The molecule has 6 nitrogen and oxygen atoms in total. The quantitative estimate of drug-likeness (QED) is 0.606. The Bertz CT molecular complexity index is 799. The van der Waals surface area contributed by atoms with E-state index in [9.17, 15) is 5.26 Å². The molecular weight excluding hydrogens is 362 g/mol. The van der Waals surface area contributed by atoms with Crippen molar-refractivity contribution in [3.63, 3.8) is 0 Å². The first-order chi connectivity index (χ1) is 14.0. The number of fused-ring (bicyclic) bond motifs is 1. The van der Waals surface area contributed by atoms with Crippen molar-refractivity contribution in [2.45, 2.75) is 58.2 Å². The molecule has 4 rings (SSSR count). The van der Waals surface area contributed by atoms with E-state index < -0.39 is 0 Å². The van der Waals surface area contributed by atoms with Gasteiger partial charge in [0.1, 0.15) is 6.07 Å². The first-order valence-corrected chi connectivity index (χ1v) is 11.0. The molecule has 0 amide bonds. The SMILES string of the molecule is CCN=C(NC1CCCN(c2ccccc2C#N)C1)NC1C2CCOC2C1(C)C. The van der Waals surface area contributed by atoms with Crippen LogP contribution >= 0.6 is 0 Å². The second kappa shape index (κ2) is 8.23. The number of anilines is 1. The molecule has 1 aromatic rings. The monoisotopic (exact) mass is 395 g/mol. The summed E-state index contributed by atoms with van der Waals surface area (Å²) in [6.07, 6.45) is 3.71. The van der Waals surface area contributed by atoms with Crippen LogP contribution in [0.25, 0.3) is 0 Å². The van der Waals surface area contributed by atoms with E-state index in [2.05, 4.69) is 48.4 Å². The Balaban J connectivity index is 1.42. The van der Waals surface area contributed by atoms with E-state index in [0.29, 0.717) is 24.1 Å². The maximum absolute atomic E-state index is 9.46. The number of piperidine rings is 1. The van der Waals surface area contributed by atoms with E-state index in [0.717, 1.165) is 62.7 Å². The molecule has 1 saturated carbocycles. The summed E-state index contributed by atoms with van der Waals surface area (Å²) in [6, 6.07) is 10.9. The van der Waals surface area contributed by atoms with Gasteiger partial charge in [0.15, 0.2) is 5.96 Å². The fraction of sp³-hybridized carbons (Fsp3) is 0.652. The van der Waals surface area contributed by atoms with Gasteiger partial charge in [-0.2, -0.15) is 5.26 Å². The summed E-state index contributed by atoms with van der Waals surface area (Å²) in [5, 5.41) is 16.9. The highest BCUT2D eigenvalue weighted by Crippen LogP contribution is 2.52. The van der Waals surface area contributed by atoms with Crippen LogP contribution in [-0.4, -0.2) is 50.4 Å². The number of nitriles is 1. The smallest absolute Gasteiger partial charge is 0.191 e. The average molecular weight is 396 g/mol. The van der Waals surface area contributed by atoms with Gasteiger partial charge in [0, 0.05) is 49.7 Å². The van der Waals surface area contributed by atoms with Crippen LogP contribution in [0.2, 0.25) is 0 Å². The molecule has 3 aliphatic rings. The minimum absolute atomic E-state index is 0.127. The Morgan fingerprint density at radius 3 is 2.93 bits per heavy atom. The van der Waals surface area contributed by atoms with E-state index in [4.69, 9.17) is 9.73 Å². The fourth-order valence-electron chi connectivity index (χ4n) is 5.41. The van der Waals surface area contributed by atoms with Crippen LogP contribution in [0.15, 0.2) is 29.3 Å². The summed E-state index contributed by atoms with van der Waals surface area (Å²) in [7, 11) is 0.